The van der Waals surface area contributed by atoms with E-state index in [9.17, 15) is 4.79 Å². The van der Waals surface area contributed by atoms with Crippen molar-refractivity contribution in [3.63, 3.8) is 0 Å². The molecule has 0 aliphatic carbocycles. The van der Waals surface area contributed by atoms with E-state index in [0.29, 0.717) is 23.2 Å². The zero-order valence-corrected chi connectivity index (χ0v) is 14.2. The summed E-state index contributed by atoms with van der Waals surface area (Å²) in [6, 6.07) is 12.9. The lowest BCUT2D eigenvalue weighted by molar-refractivity contribution is 0.0947. The second-order valence-corrected chi connectivity index (χ2v) is 5.63. The first-order valence-electron chi connectivity index (χ1n) is 7.98. The molecule has 0 bridgehead atoms. The maximum Gasteiger partial charge on any atom is 0.272 e. The highest BCUT2D eigenvalue weighted by atomic mass is 16.5. The molecule has 1 aromatic heterocycles. The average molecular weight is 349 g/mol. The van der Waals surface area contributed by atoms with Crippen molar-refractivity contribution in [2.24, 2.45) is 5.73 Å². The molecule has 3 aromatic rings. The van der Waals surface area contributed by atoms with Gasteiger partial charge in [0.25, 0.3) is 5.91 Å². The zero-order valence-electron chi connectivity index (χ0n) is 14.2. The van der Waals surface area contributed by atoms with Crippen LogP contribution < -0.4 is 15.8 Å². The molecule has 1 heterocycles. The number of allylic oxidation sites excluding steroid dienone is 1. The number of H-pyrrole nitrogens is 1. The van der Waals surface area contributed by atoms with Crippen molar-refractivity contribution in [3.05, 3.63) is 65.5 Å². The first kappa shape index (κ1) is 17.2. The van der Waals surface area contributed by atoms with Crippen LogP contribution in [0.3, 0.4) is 0 Å². The monoisotopic (exact) mass is 349 g/mol. The minimum absolute atomic E-state index is 0.288. The number of nitrogens with zero attached hydrogens (tertiary/aromatic N) is 1. The highest BCUT2D eigenvalue weighted by Crippen LogP contribution is 2.21. The van der Waals surface area contributed by atoms with Crippen LogP contribution in [0.1, 0.15) is 21.6 Å². The Balaban J connectivity index is 1.83. The van der Waals surface area contributed by atoms with E-state index in [0.717, 1.165) is 22.4 Å². The van der Waals surface area contributed by atoms with Crippen LogP contribution in [0.4, 0.5) is 0 Å². The second-order valence-electron chi connectivity index (χ2n) is 5.63. The third-order valence-corrected chi connectivity index (χ3v) is 4.03. The molecule has 132 valence electrons. The van der Waals surface area contributed by atoms with Gasteiger partial charge < -0.3 is 21.2 Å². The van der Waals surface area contributed by atoms with Gasteiger partial charge in [-0.15, -0.1) is 0 Å². The lowest BCUT2D eigenvalue weighted by Gasteiger charge is -2.06. The molecule has 1 amide bonds. The van der Waals surface area contributed by atoms with Gasteiger partial charge in [0, 0.05) is 29.9 Å². The lowest BCUT2D eigenvalue weighted by Crippen LogP contribution is -2.23. The summed E-state index contributed by atoms with van der Waals surface area (Å²) in [5, 5.41) is 17.9. The fraction of sp³-hybridized carbons (Fsp3) is 0.105. The van der Waals surface area contributed by atoms with Crippen LogP contribution in [-0.4, -0.2) is 29.4 Å². The summed E-state index contributed by atoms with van der Waals surface area (Å²) in [5.41, 5.74) is 8.82. The normalized spacial score (nSPS) is 11.3. The Hall–Kier alpha value is -3.61. The van der Waals surface area contributed by atoms with Crippen molar-refractivity contribution < 1.29 is 9.53 Å². The van der Waals surface area contributed by atoms with Crippen molar-refractivity contribution in [1.29, 1.82) is 5.41 Å². The third kappa shape index (κ3) is 3.41. The molecule has 0 saturated carbocycles. The number of hydrogen-bond donors (Lipinski definition) is 4. The third-order valence-electron chi connectivity index (χ3n) is 4.03. The molecule has 7 heteroatoms. The lowest BCUT2D eigenvalue weighted by atomic mass is 10.0. The van der Waals surface area contributed by atoms with E-state index in [4.69, 9.17) is 15.9 Å². The molecule has 0 saturated heterocycles. The predicted octanol–water partition coefficient (Wildman–Crippen LogP) is 2.45. The Morgan fingerprint density at radius 1 is 1.35 bits per heavy atom. The molecule has 7 nitrogen and oxygen atoms in total. The number of nitrogens with two attached hydrogens (primary N) is 1. The van der Waals surface area contributed by atoms with E-state index < -0.39 is 0 Å². The van der Waals surface area contributed by atoms with Gasteiger partial charge in [-0.25, -0.2) is 0 Å². The topological polar surface area (TPSA) is 117 Å². The molecular formula is C19H19N5O2. The molecule has 0 atom stereocenters. The van der Waals surface area contributed by atoms with Crippen LogP contribution in [0.25, 0.3) is 16.5 Å². The van der Waals surface area contributed by atoms with E-state index in [1.54, 1.807) is 13.2 Å². The second kappa shape index (κ2) is 7.52. The van der Waals surface area contributed by atoms with Gasteiger partial charge in [0.1, 0.15) is 5.75 Å². The van der Waals surface area contributed by atoms with E-state index >= 15 is 0 Å². The molecule has 0 aliphatic rings. The van der Waals surface area contributed by atoms with Gasteiger partial charge in [-0.2, -0.15) is 5.10 Å². The van der Waals surface area contributed by atoms with Crippen LogP contribution >= 0.6 is 0 Å². The van der Waals surface area contributed by atoms with Crippen molar-refractivity contribution in [1.82, 2.24) is 15.5 Å². The number of aromatic nitrogens is 2. The van der Waals surface area contributed by atoms with Crippen LogP contribution in [0.15, 0.2) is 48.7 Å². The van der Waals surface area contributed by atoms with E-state index in [-0.39, 0.29) is 5.91 Å². The number of rotatable bonds is 6. The van der Waals surface area contributed by atoms with Gasteiger partial charge >= 0.3 is 0 Å². The van der Waals surface area contributed by atoms with E-state index in [1.165, 1.54) is 12.4 Å². The molecule has 26 heavy (non-hydrogen) atoms. The van der Waals surface area contributed by atoms with Crippen molar-refractivity contribution in [3.8, 4) is 5.75 Å². The number of benzene rings is 2. The van der Waals surface area contributed by atoms with Crippen LogP contribution in [-0.2, 0) is 6.54 Å². The number of fused-ring (bicyclic) bond motifs is 1. The van der Waals surface area contributed by atoms with Gasteiger partial charge in [-0.05, 0) is 35.4 Å². The number of carbonyl (C=O) groups is 1. The predicted molar refractivity (Wildman–Crippen MR) is 101 cm³/mol. The number of ether oxygens (including phenoxy) is 1. The van der Waals surface area contributed by atoms with E-state index in [1.807, 2.05) is 36.4 Å². The standard InChI is InChI=1S/C19H19N5O2/c1-26-15-4-2-3-12(7-15)11-22-19(25)18-16-8-13(14(9-20)10-21)5-6-17(16)23-24-18/h2-10,20H,11,21H2,1H3,(H,22,25)(H,23,24)/b14-10+,20-9?. The smallest absolute Gasteiger partial charge is 0.272 e. The minimum Gasteiger partial charge on any atom is -0.497 e. The summed E-state index contributed by atoms with van der Waals surface area (Å²) in [7, 11) is 1.60. The molecule has 2 aromatic carbocycles. The highest BCUT2D eigenvalue weighted by Gasteiger charge is 2.15. The maximum atomic E-state index is 12.6. The Morgan fingerprint density at radius 3 is 2.92 bits per heavy atom. The van der Waals surface area contributed by atoms with Crippen molar-refractivity contribution >= 4 is 28.6 Å². The van der Waals surface area contributed by atoms with Gasteiger partial charge in [0.05, 0.1) is 12.6 Å². The van der Waals surface area contributed by atoms with Gasteiger partial charge in [0.2, 0.25) is 0 Å². The highest BCUT2D eigenvalue weighted by molar-refractivity contribution is 6.11. The molecule has 0 unspecified atom stereocenters. The number of hydrogen-bond acceptors (Lipinski definition) is 5. The SMILES string of the molecule is COc1cccc(CNC(=O)c2n[nH]c3ccc(/C(C=N)=C/N)cc23)c1. The van der Waals surface area contributed by atoms with E-state index in [2.05, 4.69) is 15.5 Å². The Bertz CT molecular complexity index is 991. The van der Waals surface area contributed by atoms with Gasteiger partial charge in [-0.3, -0.25) is 9.89 Å². The minimum atomic E-state index is -0.288. The number of nitrogens with one attached hydrogen (secondary N) is 3. The Morgan fingerprint density at radius 2 is 2.19 bits per heavy atom. The molecular weight excluding hydrogens is 330 g/mol. The fourth-order valence-electron chi connectivity index (χ4n) is 2.64. The van der Waals surface area contributed by atoms with Crippen molar-refractivity contribution in [2.75, 3.05) is 7.11 Å². The Labute approximate surface area is 150 Å². The molecule has 0 fully saturated rings. The summed E-state index contributed by atoms with van der Waals surface area (Å²) in [5.74, 6) is 0.448. The first-order chi connectivity index (χ1) is 12.7. The molecule has 0 aliphatic heterocycles. The van der Waals surface area contributed by atoms with Gasteiger partial charge in [-0.1, -0.05) is 18.2 Å². The molecule has 5 N–H and O–H groups in total. The summed E-state index contributed by atoms with van der Waals surface area (Å²) in [6.45, 7) is 0.360. The van der Waals surface area contributed by atoms with Crippen LogP contribution in [0, 0.1) is 5.41 Å². The van der Waals surface area contributed by atoms with Crippen LogP contribution in [0.5, 0.6) is 5.75 Å². The maximum absolute atomic E-state index is 12.6. The quantitative estimate of drug-likeness (QED) is 0.511. The largest absolute Gasteiger partial charge is 0.497 e. The van der Waals surface area contributed by atoms with Crippen LogP contribution in [0.2, 0.25) is 0 Å². The molecule has 0 spiro atoms. The summed E-state index contributed by atoms with van der Waals surface area (Å²) >= 11 is 0. The molecule has 0 radical (unpaired) electrons. The number of methoxy groups -OCH3 is 1. The van der Waals surface area contributed by atoms with Crippen molar-refractivity contribution in [2.45, 2.75) is 6.54 Å². The molecule has 3 rings (SSSR count). The summed E-state index contributed by atoms with van der Waals surface area (Å²) < 4.78 is 5.18. The van der Waals surface area contributed by atoms with Gasteiger partial charge in [0.15, 0.2) is 5.69 Å². The first-order valence-corrected chi connectivity index (χ1v) is 7.98. The zero-order chi connectivity index (χ0) is 18.5. The number of aromatic amines is 1. The summed E-state index contributed by atoms with van der Waals surface area (Å²) in [6.07, 6.45) is 2.53. The average Bonchev–Trinajstić information content (AvgIpc) is 3.11. The fourth-order valence-corrected chi connectivity index (χ4v) is 2.64. The number of amides is 1. The summed E-state index contributed by atoms with van der Waals surface area (Å²) in [4.78, 5) is 12.6. The number of carbonyl (C=O) groups excluding carboxylic acids is 1. The Kier molecular flexibility index (Phi) is 4.98.